The topological polar surface area (TPSA) is 47.0 Å². The van der Waals surface area contributed by atoms with Gasteiger partial charge >= 0.3 is 0 Å². The van der Waals surface area contributed by atoms with Gasteiger partial charge in [-0.1, -0.05) is 13.0 Å². The number of aryl methyl sites for hydroxylation is 2. The van der Waals surface area contributed by atoms with Gasteiger partial charge < -0.3 is 10.1 Å². The van der Waals surface area contributed by atoms with Crippen molar-refractivity contribution in [2.24, 2.45) is 0 Å². The summed E-state index contributed by atoms with van der Waals surface area (Å²) in [6, 6.07) is 6.16. The van der Waals surface area contributed by atoms with Crippen LogP contribution in [0.4, 0.5) is 0 Å². The van der Waals surface area contributed by atoms with E-state index in [1.807, 2.05) is 25.3 Å². The molecule has 1 aromatic carbocycles. The van der Waals surface area contributed by atoms with Gasteiger partial charge in [0, 0.05) is 6.20 Å². The van der Waals surface area contributed by atoms with Crippen molar-refractivity contribution < 1.29 is 4.74 Å². The van der Waals surface area contributed by atoms with E-state index in [0.29, 0.717) is 0 Å². The third-order valence-electron chi connectivity index (χ3n) is 3.29. The summed E-state index contributed by atoms with van der Waals surface area (Å²) in [5, 5.41) is 3.47. The second-order valence-corrected chi connectivity index (χ2v) is 4.80. The molecule has 1 N–H and O–H groups in total. The number of nitrogens with zero attached hydrogens (tertiary/aromatic N) is 2. The van der Waals surface area contributed by atoms with E-state index in [1.165, 1.54) is 11.1 Å². The summed E-state index contributed by atoms with van der Waals surface area (Å²) in [7, 11) is 1.68. The molecular weight excluding hydrogens is 250 g/mol. The van der Waals surface area contributed by atoms with Crippen molar-refractivity contribution in [1.82, 2.24) is 15.3 Å². The van der Waals surface area contributed by atoms with Gasteiger partial charge in [0.05, 0.1) is 30.7 Å². The predicted octanol–water partition coefficient (Wildman–Crippen LogP) is 2.80. The van der Waals surface area contributed by atoms with E-state index in [0.717, 1.165) is 23.7 Å². The van der Waals surface area contributed by atoms with Gasteiger partial charge in [-0.25, -0.2) is 0 Å². The van der Waals surface area contributed by atoms with Crippen LogP contribution in [-0.2, 0) is 0 Å². The molecule has 0 fully saturated rings. The van der Waals surface area contributed by atoms with Crippen LogP contribution in [-0.4, -0.2) is 23.6 Å². The Morgan fingerprint density at radius 1 is 1.20 bits per heavy atom. The number of aromatic nitrogens is 2. The van der Waals surface area contributed by atoms with E-state index in [4.69, 9.17) is 4.74 Å². The van der Waals surface area contributed by atoms with E-state index >= 15 is 0 Å². The maximum atomic E-state index is 5.26. The Morgan fingerprint density at radius 2 is 2.00 bits per heavy atom. The van der Waals surface area contributed by atoms with Gasteiger partial charge in [-0.2, -0.15) is 0 Å². The first-order chi connectivity index (χ1) is 9.65. The minimum Gasteiger partial charge on any atom is -0.497 e. The number of ether oxygens (including phenoxy) is 1. The molecule has 1 aromatic heterocycles. The molecule has 0 spiro atoms. The lowest BCUT2D eigenvalue weighted by molar-refractivity contribution is 0.414. The molecule has 0 bridgehead atoms. The number of hydrogen-bond donors (Lipinski definition) is 1. The zero-order valence-electron chi connectivity index (χ0n) is 12.5. The Balaban J connectivity index is 2.40. The summed E-state index contributed by atoms with van der Waals surface area (Å²) in [5.41, 5.74) is 4.24. The summed E-state index contributed by atoms with van der Waals surface area (Å²) in [6.45, 7) is 6.99. The quantitative estimate of drug-likeness (QED) is 0.908. The van der Waals surface area contributed by atoms with E-state index in [2.05, 4.69) is 35.2 Å². The molecule has 20 heavy (non-hydrogen) atoms. The number of hydrogen-bond acceptors (Lipinski definition) is 4. The van der Waals surface area contributed by atoms with Gasteiger partial charge in [-0.05, 0) is 43.7 Å². The summed E-state index contributed by atoms with van der Waals surface area (Å²) in [5.74, 6) is 0.872. The highest BCUT2D eigenvalue weighted by Crippen LogP contribution is 2.26. The fraction of sp³-hybridized carbons (Fsp3) is 0.375. The largest absolute Gasteiger partial charge is 0.497 e. The fourth-order valence-corrected chi connectivity index (χ4v) is 2.23. The molecule has 0 aliphatic carbocycles. The van der Waals surface area contributed by atoms with Crippen molar-refractivity contribution in [1.29, 1.82) is 0 Å². The van der Waals surface area contributed by atoms with E-state index in [-0.39, 0.29) is 6.04 Å². The number of methoxy groups -OCH3 is 1. The second-order valence-electron chi connectivity index (χ2n) is 4.80. The molecule has 1 unspecified atom stereocenters. The molecular formula is C16H21N3O. The SMILES string of the molecule is CCNC(c1cnc(C)cn1)c1ccc(OC)cc1C. The first-order valence-electron chi connectivity index (χ1n) is 6.82. The Bertz CT molecular complexity index is 566. The normalized spacial score (nSPS) is 12.2. The highest BCUT2D eigenvalue weighted by atomic mass is 16.5. The average Bonchev–Trinajstić information content (AvgIpc) is 2.46. The van der Waals surface area contributed by atoms with Crippen LogP contribution in [0.5, 0.6) is 5.75 Å². The minimum absolute atomic E-state index is 0.0546. The monoisotopic (exact) mass is 271 g/mol. The predicted molar refractivity (Wildman–Crippen MR) is 80.0 cm³/mol. The van der Waals surface area contributed by atoms with Crippen molar-refractivity contribution in [3.05, 3.63) is 53.1 Å². The molecule has 0 aliphatic rings. The zero-order chi connectivity index (χ0) is 14.5. The Hall–Kier alpha value is -1.94. The fourth-order valence-electron chi connectivity index (χ4n) is 2.23. The molecule has 1 heterocycles. The second kappa shape index (κ2) is 6.48. The Labute approximate surface area is 120 Å². The molecule has 0 radical (unpaired) electrons. The van der Waals surface area contributed by atoms with E-state index < -0.39 is 0 Å². The van der Waals surface area contributed by atoms with Crippen LogP contribution in [0, 0.1) is 13.8 Å². The van der Waals surface area contributed by atoms with Crippen molar-refractivity contribution in [3.63, 3.8) is 0 Å². The van der Waals surface area contributed by atoms with Crippen molar-refractivity contribution in [3.8, 4) is 5.75 Å². The summed E-state index contributed by atoms with van der Waals surface area (Å²) >= 11 is 0. The van der Waals surface area contributed by atoms with Crippen molar-refractivity contribution in [2.45, 2.75) is 26.8 Å². The van der Waals surface area contributed by atoms with Crippen LogP contribution in [0.15, 0.2) is 30.6 Å². The van der Waals surface area contributed by atoms with E-state index in [1.54, 1.807) is 13.3 Å². The number of nitrogens with one attached hydrogen (secondary N) is 1. The van der Waals surface area contributed by atoms with Crippen LogP contribution < -0.4 is 10.1 Å². The summed E-state index contributed by atoms with van der Waals surface area (Å²) in [4.78, 5) is 8.85. The summed E-state index contributed by atoms with van der Waals surface area (Å²) in [6.07, 6.45) is 3.64. The third kappa shape index (κ3) is 3.14. The van der Waals surface area contributed by atoms with Crippen molar-refractivity contribution in [2.75, 3.05) is 13.7 Å². The Morgan fingerprint density at radius 3 is 2.55 bits per heavy atom. The zero-order valence-corrected chi connectivity index (χ0v) is 12.5. The van der Waals surface area contributed by atoms with Gasteiger partial charge in [0.2, 0.25) is 0 Å². The molecule has 4 heteroatoms. The maximum Gasteiger partial charge on any atom is 0.119 e. The van der Waals surface area contributed by atoms with Gasteiger partial charge in [0.15, 0.2) is 0 Å². The van der Waals surface area contributed by atoms with Crippen molar-refractivity contribution >= 4 is 0 Å². The number of benzene rings is 1. The van der Waals surface area contributed by atoms with Crippen LogP contribution in [0.25, 0.3) is 0 Å². The lowest BCUT2D eigenvalue weighted by atomic mass is 9.98. The minimum atomic E-state index is 0.0546. The highest BCUT2D eigenvalue weighted by Gasteiger charge is 2.17. The molecule has 1 atom stereocenters. The van der Waals surface area contributed by atoms with Crippen LogP contribution >= 0.6 is 0 Å². The third-order valence-corrected chi connectivity index (χ3v) is 3.29. The first kappa shape index (κ1) is 14.5. The molecule has 0 saturated carbocycles. The lowest BCUT2D eigenvalue weighted by Crippen LogP contribution is -2.24. The average molecular weight is 271 g/mol. The molecule has 0 aliphatic heterocycles. The smallest absolute Gasteiger partial charge is 0.119 e. The van der Waals surface area contributed by atoms with E-state index in [9.17, 15) is 0 Å². The van der Waals surface area contributed by atoms with Crippen LogP contribution in [0.2, 0.25) is 0 Å². The lowest BCUT2D eigenvalue weighted by Gasteiger charge is -2.20. The molecule has 106 valence electrons. The molecule has 2 aromatic rings. The molecule has 4 nitrogen and oxygen atoms in total. The van der Waals surface area contributed by atoms with Crippen LogP contribution in [0.3, 0.4) is 0 Å². The van der Waals surface area contributed by atoms with Crippen LogP contribution in [0.1, 0.15) is 35.5 Å². The number of rotatable bonds is 5. The van der Waals surface area contributed by atoms with Gasteiger partial charge in [0.1, 0.15) is 5.75 Å². The molecule has 2 rings (SSSR count). The standard InChI is InChI=1S/C16H21N3O/c1-5-17-16(15-10-18-12(3)9-19-15)14-7-6-13(20-4)8-11(14)2/h6-10,16-17H,5H2,1-4H3. The van der Waals surface area contributed by atoms with Gasteiger partial charge in [-0.15, -0.1) is 0 Å². The molecule has 0 amide bonds. The Kier molecular flexibility index (Phi) is 4.69. The molecule has 0 saturated heterocycles. The first-order valence-corrected chi connectivity index (χ1v) is 6.82. The summed E-state index contributed by atoms with van der Waals surface area (Å²) < 4.78 is 5.26. The van der Waals surface area contributed by atoms with Gasteiger partial charge in [-0.3, -0.25) is 9.97 Å². The highest BCUT2D eigenvalue weighted by molar-refractivity contribution is 5.39. The maximum absolute atomic E-state index is 5.26. The van der Waals surface area contributed by atoms with Gasteiger partial charge in [0.25, 0.3) is 0 Å².